The summed E-state index contributed by atoms with van der Waals surface area (Å²) in [6, 6.07) is 43.4. The molecule has 0 amide bonds. The van der Waals surface area contributed by atoms with Gasteiger partial charge in [-0.25, -0.2) is 0 Å². The van der Waals surface area contributed by atoms with Gasteiger partial charge in [-0.05, 0) is 66.4 Å². The molecule has 1 aliphatic carbocycles. The minimum Gasteiger partial charge on any atom is -0.0630 e. The Morgan fingerprint density at radius 3 is 0.780 bits per heavy atom. The Balaban J connectivity index is 0.000000152. The number of hydrogen-bond acceptors (Lipinski definition) is 0. The Hall–Kier alpha value is -3.90. The van der Waals surface area contributed by atoms with Crippen LogP contribution >= 0.6 is 0 Å². The molecule has 1 aliphatic rings. The molecular weight excluding hydrogens is 492 g/mol. The number of benzene rings is 6. The van der Waals surface area contributed by atoms with E-state index in [1.165, 1.54) is 54.6 Å². The van der Waals surface area contributed by atoms with Gasteiger partial charge in [-0.1, -0.05) is 177 Å². The van der Waals surface area contributed by atoms with Gasteiger partial charge in [0.15, 0.2) is 0 Å². The molecule has 0 aromatic heterocycles. The molecule has 210 valence electrons. The summed E-state index contributed by atoms with van der Waals surface area (Å²) in [5.74, 6) is 1.67. The molecule has 0 spiro atoms. The van der Waals surface area contributed by atoms with Crippen LogP contribution < -0.4 is 0 Å². The minimum atomic E-state index is 0.160. The van der Waals surface area contributed by atoms with Crippen molar-refractivity contribution in [1.29, 1.82) is 0 Å². The van der Waals surface area contributed by atoms with Crippen LogP contribution in [0.4, 0.5) is 0 Å². The maximum absolute atomic E-state index is 2.30. The van der Waals surface area contributed by atoms with Gasteiger partial charge in [-0.2, -0.15) is 0 Å². The topological polar surface area (TPSA) is 0 Å². The first-order valence-corrected chi connectivity index (χ1v) is 15.1. The molecule has 0 bridgehead atoms. The minimum absolute atomic E-state index is 0.160. The van der Waals surface area contributed by atoms with E-state index in [9.17, 15) is 0 Å². The summed E-state index contributed by atoms with van der Waals surface area (Å²) in [5.41, 5.74) is 5.86. The molecule has 0 fully saturated rings. The van der Waals surface area contributed by atoms with E-state index in [0.29, 0.717) is 0 Å². The molecular formula is C41H46. The van der Waals surface area contributed by atoms with Crippen LogP contribution in [0.1, 0.15) is 66.5 Å². The highest BCUT2D eigenvalue weighted by atomic mass is 14.4. The molecule has 0 saturated heterocycles. The number of fused-ring (bicyclic) bond motifs is 9. The molecule has 0 saturated carbocycles. The highest BCUT2D eigenvalue weighted by Gasteiger charge is 2.34. The van der Waals surface area contributed by atoms with E-state index < -0.39 is 0 Å². The second kappa shape index (κ2) is 13.2. The van der Waals surface area contributed by atoms with Crippen molar-refractivity contribution in [2.75, 3.05) is 0 Å². The zero-order valence-corrected chi connectivity index (χ0v) is 26.2. The first kappa shape index (κ1) is 30.1. The molecule has 0 unspecified atom stereocenters. The third-order valence-electron chi connectivity index (χ3n) is 7.14. The van der Waals surface area contributed by atoms with Crippen molar-refractivity contribution in [3.63, 3.8) is 0 Å². The van der Waals surface area contributed by atoms with Gasteiger partial charge in [0.2, 0.25) is 0 Å². The van der Waals surface area contributed by atoms with Crippen LogP contribution in [0.2, 0.25) is 0 Å². The van der Waals surface area contributed by atoms with Gasteiger partial charge in [0.05, 0.1) is 0 Å². The fourth-order valence-corrected chi connectivity index (χ4v) is 5.53. The third-order valence-corrected chi connectivity index (χ3v) is 7.14. The maximum Gasteiger partial charge on any atom is 0.0158 e. The maximum atomic E-state index is 2.30. The average Bonchev–Trinajstić information content (AvgIpc) is 3.20. The van der Waals surface area contributed by atoms with Gasteiger partial charge in [0, 0.05) is 5.41 Å². The highest BCUT2D eigenvalue weighted by Crippen LogP contribution is 2.48. The SMILES string of the molecule is CC(C)C.CC(C)C.CC1(C)c2ccccc2-c2ccccc21.c1ccc2c(c1)c1ccccc1c1ccccc21. The van der Waals surface area contributed by atoms with Gasteiger partial charge < -0.3 is 0 Å². The van der Waals surface area contributed by atoms with Crippen molar-refractivity contribution >= 4 is 32.3 Å². The zero-order valence-electron chi connectivity index (χ0n) is 26.2. The summed E-state index contributed by atoms with van der Waals surface area (Å²) < 4.78 is 0. The van der Waals surface area contributed by atoms with Gasteiger partial charge in [0.1, 0.15) is 0 Å². The zero-order chi connectivity index (χ0) is 29.6. The molecule has 6 aromatic carbocycles. The summed E-state index contributed by atoms with van der Waals surface area (Å²) >= 11 is 0. The van der Waals surface area contributed by atoms with E-state index in [2.05, 4.69) is 177 Å². The van der Waals surface area contributed by atoms with E-state index in [-0.39, 0.29) is 5.41 Å². The fraction of sp³-hybridized carbons (Fsp3) is 0.268. The molecule has 0 N–H and O–H groups in total. The van der Waals surface area contributed by atoms with E-state index >= 15 is 0 Å². The fourth-order valence-electron chi connectivity index (χ4n) is 5.53. The molecule has 0 nitrogen and oxygen atoms in total. The van der Waals surface area contributed by atoms with Crippen LogP contribution in [0.5, 0.6) is 0 Å². The van der Waals surface area contributed by atoms with Crippen LogP contribution in [-0.2, 0) is 5.41 Å². The van der Waals surface area contributed by atoms with Gasteiger partial charge >= 0.3 is 0 Å². The van der Waals surface area contributed by atoms with Gasteiger partial charge in [-0.15, -0.1) is 0 Å². The van der Waals surface area contributed by atoms with Crippen LogP contribution in [0.15, 0.2) is 121 Å². The molecule has 0 radical (unpaired) electrons. The molecule has 6 aromatic rings. The molecule has 0 atom stereocenters. The summed E-state index contributed by atoms with van der Waals surface area (Å²) in [4.78, 5) is 0. The van der Waals surface area contributed by atoms with Crippen LogP contribution in [0.3, 0.4) is 0 Å². The largest absolute Gasteiger partial charge is 0.0630 e. The lowest BCUT2D eigenvalue weighted by Crippen LogP contribution is -2.14. The summed E-state index contributed by atoms with van der Waals surface area (Å²) in [7, 11) is 0. The smallest absolute Gasteiger partial charge is 0.0158 e. The normalized spacial score (nSPS) is 12.5. The Bertz CT molecular complexity index is 1450. The number of rotatable bonds is 0. The monoisotopic (exact) mass is 538 g/mol. The van der Waals surface area contributed by atoms with Crippen LogP contribution in [-0.4, -0.2) is 0 Å². The van der Waals surface area contributed by atoms with Crippen molar-refractivity contribution in [2.45, 2.75) is 60.8 Å². The Morgan fingerprint density at radius 1 is 0.341 bits per heavy atom. The molecule has 41 heavy (non-hydrogen) atoms. The van der Waals surface area contributed by atoms with Gasteiger partial charge in [0.25, 0.3) is 0 Å². The summed E-state index contributed by atoms with van der Waals surface area (Å²) in [6.45, 7) is 17.6. The van der Waals surface area contributed by atoms with Crippen LogP contribution in [0.25, 0.3) is 43.4 Å². The summed E-state index contributed by atoms with van der Waals surface area (Å²) in [6.07, 6.45) is 0. The second-order valence-corrected chi connectivity index (χ2v) is 12.8. The van der Waals surface area contributed by atoms with Crippen LogP contribution in [0, 0.1) is 11.8 Å². The predicted molar refractivity (Wildman–Crippen MR) is 184 cm³/mol. The highest BCUT2D eigenvalue weighted by molar-refractivity contribution is 6.25. The van der Waals surface area contributed by atoms with Crippen molar-refractivity contribution in [1.82, 2.24) is 0 Å². The van der Waals surface area contributed by atoms with E-state index in [0.717, 1.165) is 11.8 Å². The van der Waals surface area contributed by atoms with Crippen molar-refractivity contribution < 1.29 is 0 Å². The molecule has 0 aliphatic heterocycles. The average molecular weight is 539 g/mol. The third kappa shape index (κ3) is 6.71. The van der Waals surface area contributed by atoms with Crippen molar-refractivity contribution in [3.05, 3.63) is 132 Å². The standard InChI is InChI=1S/C18H12.C15H14.2C4H10/c1-2-8-14-13(7-1)15-9-3-4-11-17(15)18-12-6-5-10-16(14)18;1-15(2)13-9-5-3-7-11(13)12-8-4-6-10-14(12)15;2*1-4(2)3/h1-12H;3-10H,1-2H3;2*4H,1-3H3. The van der Waals surface area contributed by atoms with E-state index in [4.69, 9.17) is 0 Å². The van der Waals surface area contributed by atoms with E-state index in [1.54, 1.807) is 0 Å². The lowest BCUT2D eigenvalue weighted by Gasteiger charge is -2.20. The molecule has 0 heteroatoms. The lowest BCUT2D eigenvalue weighted by atomic mass is 9.82. The molecule has 7 rings (SSSR count). The van der Waals surface area contributed by atoms with Crippen molar-refractivity contribution in [2.24, 2.45) is 11.8 Å². The van der Waals surface area contributed by atoms with Gasteiger partial charge in [-0.3, -0.25) is 0 Å². The Morgan fingerprint density at radius 2 is 0.537 bits per heavy atom. The quantitative estimate of drug-likeness (QED) is 0.169. The second-order valence-electron chi connectivity index (χ2n) is 12.8. The van der Waals surface area contributed by atoms with Crippen molar-refractivity contribution in [3.8, 4) is 11.1 Å². The van der Waals surface area contributed by atoms with E-state index in [1.807, 2.05) is 0 Å². The molecule has 0 heterocycles. The Kier molecular flexibility index (Phi) is 9.66. The first-order chi connectivity index (χ1) is 19.6. The lowest BCUT2D eigenvalue weighted by molar-refractivity contribution is 0.660. The summed E-state index contributed by atoms with van der Waals surface area (Å²) in [5, 5.41) is 8.04. The number of hydrogen-bond donors (Lipinski definition) is 0. The Labute approximate surface area is 248 Å². The first-order valence-electron chi connectivity index (χ1n) is 15.1. The predicted octanol–water partition coefficient (Wildman–Crippen LogP) is 12.5.